The molecule has 1 amide bonds. The Morgan fingerprint density at radius 3 is 2.32 bits per heavy atom. The highest BCUT2D eigenvalue weighted by atomic mass is 19.1. The van der Waals surface area contributed by atoms with Gasteiger partial charge in [-0.15, -0.1) is 0 Å². The summed E-state index contributed by atoms with van der Waals surface area (Å²) in [5.41, 5.74) is 5.03. The molecule has 0 bridgehead atoms. The van der Waals surface area contributed by atoms with Gasteiger partial charge in [0.05, 0.1) is 5.69 Å². The molecule has 5 rings (SSSR count). The molecule has 0 fully saturated rings. The van der Waals surface area contributed by atoms with E-state index < -0.39 is 23.5 Å². The molecule has 1 aliphatic heterocycles. The number of halogens is 2. The molecule has 0 saturated heterocycles. The van der Waals surface area contributed by atoms with Gasteiger partial charge in [0.25, 0.3) is 5.91 Å². The minimum atomic E-state index is -0.869. The average molecular weight is 514 g/mol. The smallest absolute Gasteiger partial charge is 0.254 e. The lowest BCUT2D eigenvalue weighted by Crippen LogP contribution is -2.37. The minimum absolute atomic E-state index is 0.0277. The highest BCUT2D eigenvalue weighted by molar-refractivity contribution is 6.10. The topological polar surface area (TPSA) is 61.4 Å². The van der Waals surface area contributed by atoms with Gasteiger partial charge in [0.15, 0.2) is 5.78 Å². The van der Waals surface area contributed by atoms with E-state index in [-0.39, 0.29) is 17.4 Å². The molecular formula is C31H29F2N3O2. The SMILES string of the molecule is CC1=C(C(=O)Nc2ccc(F)cc2F)[C@H](c2ccc(N(C)C)cc2)C2=C(C[C@@H](c3ccccc3)CC2=O)N1. The molecule has 0 radical (unpaired) electrons. The Bertz CT molecular complexity index is 1460. The number of nitrogens with zero attached hydrogens (tertiary/aromatic N) is 1. The molecule has 38 heavy (non-hydrogen) atoms. The highest BCUT2D eigenvalue weighted by Crippen LogP contribution is 2.46. The molecule has 3 aromatic carbocycles. The third kappa shape index (κ3) is 4.84. The van der Waals surface area contributed by atoms with Crippen LogP contribution in [0.1, 0.15) is 42.7 Å². The molecule has 194 valence electrons. The second kappa shape index (κ2) is 10.2. The van der Waals surface area contributed by atoms with Crippen LogP contribution in [0.2, 0.25) is 0 Å². The average Bonchev–Trinajstić information content (AvgIpc) is 2.90. The molecule has 0 aromatic heterocycles. The maximum Gasteiger partial charge on any atom is 0.254 e. The standard InChI is InChI=1S/C31H29F2N3O2/c1-18-28(31(38)35-25-14-11-22(32)17-24(25)33)29(20-9-12-23(13-10-20)36(2)3)30-26(34-18)15-21(16-27(30)37)19-7-5-4-6-8-19/h4-14,17,21,29,34H,15-16H2,1-3H3,(H,35,38)/t21-,29+/m1/s1. The van der Waals surface area contributed by atoms with Crippen molar-refractivity contribution < 1.29 is 18.4 Å². The van der Waals surface area contributed by atoms with Gasteiger partial charge in [0, 0.05) is 60.7 Å². The lowest BCUT2D eigenvalue weighted by molar-refractivity contribution is -0.116. The van der Waals surface area contributed by atoms with Crippen LogP contribution in [0.4, 0.5) is 20.2 Å². The van der Waals surface area contributed by atoms with Gasteiger partial charge < -0.3 is 15.5 Å². The summed E-state index contributed by atoms with van der Waals surface area (Å²) in [4.78, 5) is 29.3. The summed E-state index contributed by atoms with van der Waals surface area (Å²) in [5.74, 6) is -2.78. The maximum atomic E-state index is 14.4. The van der Waals surface area contributed by atoms with E-state index in [1.165, 1.54) is 6.07 Å². The minimum Gasteiger partial charge on any atom is -0.378 e. The molecule has 1 aliphatic carbocycles. The van der Waals surface area contributed by atoms with Crippen molar-refractivity contribution in [2.45, 2.75) is 31.6 Å². The number of allylic oxidation sites excluding steroid dienone is 3. The van der Waals surface area contributed by atoms with E-state index in [1.807, 2.05) is 73.6 Å². The van der Waals surface area contributed by atoms with Crippen molar-refractivity contribution in [3.05, 3.63) is 118 Å². The molecule has 0 unspecified atom stereocenters. The summed E-state index contributed by atoms with van der Waals surface area (Å²) < 4.78 is 27.8. The van der Waals surface area contributed by atoms with E-state index >= 15 is 0 Å². The van der Waals surface area contributed by atoms with E-state index in [0.717, 1.165) is 34.6 Å². The van der Waals surface area contributed by atoms with E-state index in [0.29, 0.717) is 29.7 Å². The van der Waals surface area contributed by atoms with Crippen LogP contribution < -0.4 is 15.5 Å². The lowest BCUT2D eigenvalue weighted by atomic mass is 9.71. The fraction of sp³-hybridized carbons (Fsp3) is 0.226. The van der Waals surface area contributed by atoms with Crippen LogP contribution >= 0.6 is 0 Å². The summed E-state index contributed by atoms with van der Waals surface area (Å²) >= 11 is 0. The fourth-order valence-corrected chi connectivity index (χ4v) is 5.38. The number of anilines is 2. The third-order valence-electron chi connectivity index (χ3n) is 7.27. The van der Waals surface area contributed by atoms with Crippen molar-refractivity contribution >= 4 is 23.1 Å². The summed E-state index contributed by atoms with van der Waals surface area (Å²) in [6.45, 7) is 1.79. The molecular weight excluding hydrogens is 484 g/mol. The number of hydrogen-bond donors (Lipinski definition) is 2. The molecule has 0 spiro atoms. The number of Topliss-reactive ketones (excluding diaryl/α,β-unsaturated/α-hetero) is 1. The Hall–Kier alpha value is -4.26. The monoisotopic (exact) mass is 513 g/mol. The zero-order valence-corrected chi connectivity index (χ0v) is 21.5. The predicted octanol–water partition coefficient (Wildman–Crippen LogP) is 6.03. The number of dihydropyridines is 1. The van der Waals surface area contributed by atoms with Crippen LogP contribution in [0, 0.1) is 11.6 Å². The van der Waals surface area contributed by atoms with E-state index in [1.54, 1.807) is 6.92 Å². The third-order valence-corrected chi connectivity index (χ3v) is 7.27. The van der Waals surface area contributed by atoms with Crippen LogP contribution in [-0.4, -0.2) is 25.8 Å². The quantitative estimate of drug-likeness (QED) is 0.437. The number of benzene rings is 3. The number of amides is 1. The van der Waals surface area contributed by atoms with Crippen molar-refractivity contribution in [3.8, 4) is 0 Å². The van der Waals surface area contributed by atoms with Crippen LogP contribution in [0.5, 0.6) is 0 Å². The first kappa shape index (κ1) is 25.4. The van der Waals surface area contributed by atoms with Gasteiger partial charge in [-0.3, -0.25) is 9.59 Å². The van der Waals surface area contributed by atoms with Crippen LogP contribution in [0.25, 0.3) is 0 Å². The highest BCUT2D eigenvalue weighted by Gasteiger charge is 2.41. The molecule has 2 atom stereocenters. The number of hydrogen-bond acceptors (Lipinski definition) is 4. The van der Waals surface area contributed by atoms with Gasteiger partial charge in [-0.25, -0.2) is 8.78 Å². The van der Waals surface area contributed by atoms with Gasteiger partial charge in [0.2, 0.25) is 0 Å². The molecule has 2 N–H and O–H groups in total. The van der Waals surface area contributed by atoms with Gasteiger partial charge in [-0.05, 0) is 54.7 Å². The van der Waals surface area contributed by atoms with Gasteiger partial charge in [-0.2, -0.15) is 0 Å². The maximum absolute atomic E-state index is 14.4. The Labute approximate surface area is 220 Å². The zero-order chi connectivity index (χ0) is 27.0. The van der Waals surface area contributed by atoms with Crippen LogP contribution in [0.15, 0.2) is 95.3 Å². The Kier molecular flexibility index (Phi) is 6.85. The summed E-state index contributed by atoms with van der Waals surface area (Å²) in [6, 6.07) is 20.7. The second-order valence-corrected chi connectivity index (χ2v) is 9.99. The van der Waals surface area contributed by atoms with E-state index in [9.17, 15) is 18.4 Å². The number of rotatable bonds is 5. The first-order valence-corrected chi connectivity index (χ1v) is 12.6. The second-order valence-electron chi connectivity index (χ2n) is 9.99. The van der Waals surface area contributed by atoms with E-state index in [2.05, 4.69) is 10.6 Å². The number of carbonyl (C=O) groups excluding carboxylic acids is 2. The van der Waals surface area contributed by atoms with Crippen molar-refractivity contribution in [1.82, 2.24) is 5.32 Å². The Balaban J connectivity index is 1.57. The molecule has 3 aromatic rings. The van der Waals surface area contributed by atoms with Crippen molar-refractivity contribution in [1.29, 1.82) is 0 Å². The summed E-state index contributed by atoms with van der Waals surface area (Å²) in [7, 11) is 3.88. The summed E-state index contributed by atoms with van der Waals surface area (Å²) in [5, 5.41) is 5.93. The van der Waals surface area contributed by atoms with Crippen molar-refractivity contribution in [3.63, 3.8) is 0 Å². The molecule has 0 saturated carbocycles. The first-order valence-electron chi connectivity index (χ1n) is 12.6. The van der Waals surface area contributed by atoms with Crippen LogP contribution in [0.3, 0.4) is 0 Å². The number of carbonyl (C=O) groups is 2. The predicted molar refractivity (Wildman–Crippen MR) is 145 cm³/mol. The zero-order valence-electron chi connectivity index (χ0n) is 21.5. The normalized spacial score (nSPS) is 19.1. The van der Waals surface area contributed by atoms with Gasteiger partial charge >= 0.3 is 0 Å². The number of nitrogens with one attached hydrogen (secondary N) is 2. The Morgan fingerprint density at radius 1 is 0.947 bits per heavy atom. The van der Waals surface area contributed by atoms with Crippen molar-refractivity contribution in [2.24, 2.45) is 0 Å². The lowest BCUT2D eigenvalue weighted by Gasteiger charge is -2.37. The Morgan fingerprint density at radius 2 is 1.66 bits per heavy atom. The summed E-state index contributed by atoms with van der Waals surface area (Å²) in [6.07, 6.45) is 0.966. The fourth-order valence-electron chi connectivity index (χ4n) is 5.38. The number of ketones is 1. The van der Waals surface area contributed by atoms with Gasteiger partial charge in [-0.1, -0.05) is 42.5 Å². The molecule has 2 aliphatic rings. The van der Waals surface area contributed by atoms with Crippen molar-refractivity contribution in [2.75, 3.05) is 24.3 Å². The largest absolute Gasteiger partial charge is 0.378 e. The molecule has 5 nitrogen and oxygen atoms in total. The van der Waals surface area contributed by atoms with E-state index in [4.69, 9.17) is 0 Å². The van der Waals surface area contributed by atoms with Gasteiger partial charge in [0.1, 0.15) is 11.6 Å². The van der Waals surface area contributed by atoms with Crippen LogP contribution in [-0.2, 0) is 9.59 Å². The first-order chi connectivity index (χ1) is 18.2. The molecule has 1 heterocycles. The molecule has 7 heteroatoms.